The highest BCUT2D eigenvalue weighted by molar-refractivity contribution is 14.0. The van der Waals surface area contributed by atoms with Gasteiger partial charge in [0.15, 0.2) is 5.96 Å². The lowest BCUT2D eigenvalue weighted by Gasteiger charge is -2.10. The summed E-state index contributed by atoms with van der Waals surface area (Å²) in [5.74, 6) is 0.796. The van der Waals surface area contributed by atoms with Crippen LogP contribution in [-0.4, -0.2) is 43.0 Å². The smallest absolute Gasteiger partial charge is 0.261 e. The third kappa shape index (κ3) is 8.56. The predicted molar refractivity (Wildman–Crippen MR) is 126 cm³/mol. The second-order valence-electron chi connectivity index (χ2n) is 5.77. The van der Waals surface area contributed by atoms with E-state index >= 15 is 0 Å². The maximum absolute atomic E-state index is 11.8. The zero-order valence-electron chi connectivity index (χ0n) is 16.0. The number of carbonyl (C=O) groups excluding carboxylic acids is 1. The maximum Gasteiger partial charge on any atom is 0.261 e. The number of carbonyl (C=O) groups is 1. The van der Waals surface area contributed by atoms with Crippen LogP contribution in [0.3, 0.4) is 0 Å². The van der Waals surface area contributed by atoms with Gasteiger partial charge in [0.25, 0.3) is 5.91 Å². The molecule has 9 heteroatoms. The molecule has 0 spiro atoms. The third-order valence-electron chi connectivity index (χ3n) is 3.68. The van der Waals surface area contributed by atoms with Gasteiger partial charge in [-0.1, -0.05) is 6.07 Å². The van der Waals surface area contributed by atoms with Crippen molar-refractivity contribution >= 4 is 58.5 Å². The van der Waals surface area contributed by atoms with E-state index in [1.165, 1.54) is 16.2 Å². The Hall–Kier alpha value is -1.20. The van der Waals surface area contributed by atoms with Crippen LogP contribution in [0, 0.1) is 13.8 Å². The van der Waals surface area contributed by atoms with Crippen LogP contribution in [0.15, 0.2) is 22.5 Å². The van der Waals surface area contributed by atoms with Crippen LogP contribution in [0.1, 0.15) is 38.6 Å². The van der Waals surface area contributed by atoms with E-state index < -0.39 is 0 Å². The number of thiazole rings is 1. The summed E-state index contributed by atoms with van der Waals surface area (Å²) in [6.45, 7) is 9.10. The number of amides is 1. The van der Waals surface area contributed by atoms with Crippen LogP contribution in [0.2, 0.25) is 0 Å². The largest absolute Gasteiger partial charge is 0.357 e. The van der Waals surface area contributed by atoms with E-state index in [1.807, 2.05) is 31.4 Å². The Balaban J connectivity index is 0.00000364. The third-order valence-corrected chi connectivity index (χ3v) is 5.68. The zero-order valence-corrected chi connectivity index (χ0v) is 20.0. The highest BCUT2D eigenvalue weighted by atomic mass is 127. The number of aryl methyl sites for hydroxylation is 2. The van der Waals surface area contributed by atoms with Crippen molar-refractivity contribution in [2.45, 2.75) is 33.6 Å². The Kier molecular flexibility index (Phi) is 11.5. The highest BCUT2D eigenvalue weighted by Crippen LogP contribution is 2.16. The van der Waals surface area contributed by atoms with E-state index in [2.05, 4.69) is 32.9 Å². The van der Waals surface area contributed by atoms with Crippen LogP contribution in [-0.2, 0) is 6.42 Å². The molecule has 0 aliphatic carbocycles. The van der Waals surface area contributed by atoms with Gasteiger partial charge in [-0.3, -0.25) is 9.79 Å². The van der Waals surface area contributed by atoms with Crippen molar-refractivity contribution in [3.63, 3.8) is 0 Å². The average molecular weight is 521 g/mol. The molecule has 2 aromatic rings. The molecule has 0 unspecified atom stereocenters. The molecule has 0 atom stereocenters. The predicted octanol–water partition coefficient (Wildman–Crippen LogP) is 3.36. The SMILES string of the molecule is CCNC(=NCCCNC(=O)c1cccs1)NCCc1nc(C)c(C)s1.I. The second kappa shape index (κ2) is 13.1. The average Bonchev–Trinajstić information content (AvgIpc) is 3.25. The minimum Gasteiger partial charge on any atom is -0.357 e. The van der Waals surface area contributed by atoms with Gasteiger partial charge in [-0.25, -0.2) is 4.98 Å². The minimum absolute atomic E-state index is 0. The van der Waals surface area contributed by atoms with Crippen molar-refractivity contribution in [1.29, 1.82) is 0 Å². The molecule has 2 heterocycles. The number of hydrogen-bond acceptors (Lipinski definition) is 5. The van der Waals surface area contributed by atoms with Crippen molar-refractivity contribution in [3.8, 4) is 0 Å². The lowest BCUT2D eigenvalue weighted by atomic mass is 10.4. The van der Waals surface area contributed by atoms with Gasteiger partial charge in [-0.2, -0.15) is 0 Å². The highest BCUT2D eigenvalue weighted by Gasteiger charge is 2.05. The topological polar surface area (TPSA) is 78.4 Å². The van der Waals surface area contributed by atoms with E-state index in [0.29, 0.717) is 13.1 Å². The molecule has 0 aromatic carbocycles. The quantitative estimate of drug-likeness (QED) is 0.205. The monoisotopic (exact) mass is 521 g/mol. The Morgan fingerprint density at radius 3 is 2.67 bits per heavy atom. The molecule has 27 heavy (non-hydrogen) atoms. The van der Waals surface area contributed by atoms with E-state index in [0.717, 1.165) is 47.5 Å². The molecule has 2 aromatic heterocycles. The molecular weight excluding hydrogens is 493 g/mol. The van der Waals surface area contributed by atoms with Crippen LogP contribution in [0.4, 0.5) is 0 Å². The summed E-state index contributed by atoms with van der Waals surface area (Å²) in [4.78, 5) is 23.0. The molecule has 0 saturated carbocycles. The summed E-state index contributed by atoms with van der Waals surface area (Å²) >= 11 is 3.21. The van der Waals surface area contributed by atoms with E-state index in [9.17, 15) is 4.79 Å². The van der Waals surface area contributed by atoms with Gasteiger partial charge < -0.3 is 16.0 Å². The van der Waals surface area contributed by atoms with E-state index in [1.54, 1.807) is 11.3 Å². The number of rotatable bonds is 9. The molecule has 2 rings (SSSR count). The van der Waals surface area contributed by atoms with Crippen LogP contribution < -0.4 is 16.0 Å². The first-order valence-electron chi connectivity index (χ1n) is 8.87. The number of halogens is 1. The van der Waals surface area contributed by atoms with Gasteiger partial charge in [-0.05, 0) is 38.6 Å². The number of aromatic nitrogens is 1. The van der Waals surface area contributed by atoms with E-state index in [-0.39, 0.29) is 29.9 Å². The van der Waals surface area contributed by atoms with Gasteiger partial charge in [0, 0.05) is 37.5 Å². The number of nitrogens with zero attached hydrogens (tertiary/aromatic N) is 2. The van der Waals surface area contributed by atoms with Crippen molar-refractivity contribution in [2.75, 3.05) is 26.2 Å². The number of guanidine groups is 1. The standard InChI is InChI=1S/C18H27N5OS2.HI/c1-4-19-18(22-11-8-16-23-13(2)14(3)26-16)21-10-6-9-20-17(24)15-7-5-12-25-15;/h5,7,12H,4,6,8-11H2,1-3H3,(H,20,24)(H2,19,21,22);1H. The number of hydrogen-bond donors (Lipinski definition) is 3. The Morgan fingerprint density at radius 2 is 2.04 bits per heavy atom. The van der Waals surface area contributed by atoms with Crippen molar-refractivity contribution in [1.82, 2.24) is 20.9 Å². The molecule has 6 nitrogen and oxygen atoms in total. The van der Waals surface area contributed by atoms with E-state index in [4.69, 9.17) is 0 Å². The molecule has 0 aliphatic heterocycles. The Bertz CT molecular complexity index is 696. The van der Waals surface area contributed by atoms with Crippen molar-refractivity contribution in [3.05, 3.63) is 38.0 Å². The minimum atomic E-state index is -0.0111. The normalized spacial score (nSPS) is 11.0. The maximum atomic E-state index is 11.8. The van der Waals surface area contributed by atoms with Gasteiger partial charge >= 0.3 is 0 Å². The fourth-order valence-corrected chi connectivity index (χ4v) is 3.82. The molecule has 150 valence electrons. The second-order valence-corrected chi connectivity index (χ2v) is 8.01. The lowest BCUT2D eigenvalue weighted by Crippen LogP contribution is -2.38. The molecule has 1 amide bonds. The van der Waals surface area contributed by atoms with Crippen LogP contribution in [0.25, 0.3) is 0 Å². The van der Waals surface area contributed by atoms with Gasteiger partial charge in [0.2, 0.25) is 0 Å². The fraction of sp³-hybridized carbons (Fsp3) is 0.500. The Labute approximate surface area is 186 Å². The summed E-state index contributed by atoms with van der Waals surface area (Å²) < 4.78 is 0. The van der Waals surface area contributed by atoms with Gasteiger partial charge in [0.05, 0.1) is 15.6 Å². The Morgan fingerprint density at radius 1 is 1.22 bits per heavy atom. The summed E-state index contributed by atoms with van der Waals surface area (Å²) in [6, 6.07) is 3.71. The molecule has 0 saturated heterocycles. The molecule has 0 bridgehead atoms. The molecule has 0 fully saturated rings. The van der Waals surface area contributed by atoms with Gasteiger partial charge in [0.1, 0.15) is 0 Å². The summed E-state index contributed by atoms with van der Waals surface area (Å²) in [5, 5.41) is 12.6. The molecule has 3 N–H and O–H groups in total. The summed E-state index contributed by atoms with van der Waals surface area (Å²) in [5.41, 5.74) is 1.12. The molecule has 0 radical (unpaired) electrons. The lowest BCUT2D eigenvalue weighted by molar-refractivity contribution is 0.0957. The molecule has 0 aliphatic rings. The fourth-order valence-electron chi connectivity index (χ4n) is 2.24. The molecular formula is C18H28IN5OS2. The van der Waals surface area contributed by atoms with Crippen molar-refractivity contribution < 1.29 is 4.79 Å². The van der Waals surface area contributed by atoms with Crippen LogP contribution >= 0.6 is 46.7 Å². The van der Waals surface area contributed by atoms with Gasteiger partial charge in [-0.15, -0.1) is 46.7 Å². The summed E-state index contributed by atoms with van der Waals surface area (Å²) in [6.07, 6.45) is 1.69. The van der Waals surface area contributed by atoms with Crippen LogP contribution in [0.5, 0.6) is 0 Å². The number of nitrogens with one attached hydrogen (secondary N) is 3. The first-order chi connectivity index (χ1) is 12.6. The first kappa shape index (κ1) is 23.8. The summed E-state index contributed by atoms with van der Waals surface area (Å²) in [7, 11) is 0. The number of thiophene rings is 1. The first-order valence-corrected chi connectivity index (χ1v) is 10.6. The zero-order chi connectivity index (χ0) is 18.8. The van der Waals surface area contributed by atoms with Crippen molar-refractivity contribution in [2.24, 2.45) is 4.99 Å². The number of aliphatic imine (C=N–C) groups is 1.